The molecular weight excluding hydrogens is 538 g/mol. The average molecular weight is 574 g/mol. The van der Waals surface area contributed by atoms with Gasteiger partial charge in [0.25, 0.3) is 0 Å². The van der Waals surface area contributed by atoms with Crippen LogP contribution in [0.2, 0.25) is 0 Å². The molecular formula is C32H35N3O7. The Balaban J connectivity index is 1.50. The number of amides is 1. The van der Waals surface area contributed by atoms with Crippen molar-refractivity contribution in [1.82, 2.24) is 14.9 Å². The highest BCUT2D eigenvalue weighted by molar-refractivity contribution is 6.03. The van der Waals surface area contributed by atoms with Gasteiger partial charge in [-0.15, -0.1) is 0 Å². The monoisotopic (exact) mass is 573 g/mol. The van der Waals surface area contributed by atoms with Crippen LogP contribution >= 0.6 is 0 Å². The Labute approximate surface area is 244 Å². The number of carboxylic acids is 1. The second-order valence-corrected chi connectivity index (χ2v) is 11.3. The molecule has 0 spiro atoms. The zero-order valence-corrected chi connectivity index (χ0v) is 24.2. The molecule has 1 unspecified atom stereocenters. The minimum Gasteiger partial charge on any atom is -0.497 e. The minimum absolute atomic E-state index is 0.0712. The Morgan fingerprint density at radius 1 is 1.05 bits per heavy atom. The Morgan fingerprint density at radius 3 is 2.45 bits per heavy atom. The molecule has 0 aliphatic carbocycles. The Bertz CT molecular complexity index is 1540. The first-order valence-corrected chi connectivity index (χ1v) is 14.0. The summed E-state index contributed by atoms with van der Waals surface area (Å²) in [7, 11) is 1.62. The summed E-state index contributed by atoms with van der Waals surface area (Å²) >= 11 is 0. The molecule has 1 N–H and O–H groups in total. The molecule has 3 heterocycles. The van der Waals surface area contributed by atoms with E-state index in [1.807, 2.05) is 75.4 Å². The van der Waals surface area contributed by atoms with Crippen molar-refractivity contribution in [1.29, 1.82) is 0 Å². The molecule has 4 aromatic rings. The summed E-state index contributed by atoms with van der Waals surface area (Å²) in [5.74, 6) is 0.810. The lowest BCUT2D eigenvalue weighted by atomic mass is 9.95. The predicted molar refractivity (Wildman–Crippen MR) is 156 cm³/mol. The Kier molecular flexibility index (Phi) is 8.33. The number of carbonyl (C=O) groups excluding carboxylic acids is 1. The SMILES string of the molecule is COc1ccc(-c2c(-c3ccccc3)oc3ncnc(OC4CCN(C(=O)OC(C)(C)C)[C@H](CCC(=O)O)C4)c23)cc1. The number of piperidine rings is 1. The van der Waals surface area contributed by atoms with Gasteiger partial charge in [-0.25, -0.2) is 14.8 Å². The highest BCUT2D eigenvalue weighted by Gasteiger charge is 2.36. The number of hydrogen-bond donors (Lipinski definition) is 1. The normalized spacial score (nSPS) is 17.2. The average Bonchev–Trinajstić information content (AvgIpc) is 3.36. The maximum absolute atomic E-state index is 13.0. The van der Waals surface area contributed by atoms with Gasteiger partial charge in [-0.05, 0) is 44.9 Å². The summed E-state index contributed by atoms with van der Waals surface area (Å²) in [4.78, 5) is 34.9. The highest BCUT2D eigenvalue weighted by atomic mass is 16.6. The number of ether oxygens (including phenoxy) is 3. The fourth-order valence-electron chi connectivity index (χ4n) is 5.23. The first kappa shape index (κ1) is 28.9. The van der Waals surface area contributed by atoms with Crippen molar-refractivity contribution >= 4 is 23.2 Å². The summed E-state index contributed by atoms with van der Waals surface area (Å²) in [6.07, 6.45) is 1.80. The maximum Gasteiger partial charge on any atom is 0.410 e. The van der Waals surface area contributed by atoms with Gasteiger partial charge in [-0.2, -0.15) is 0 Å². The van der Waals surface area contributed by atoms with Gasteiger partial charge in [0, 0.05) is 43.0 Å². The molecule has 1 aliphatic heterocycles. The summed E-state index contributed by atoms with van der Waals surface area (Å²) in [6, 6.07) is 17.1. The number of benzene rings is 2. The van der Waals surface area contributed by atoms with Crippen LogP contribution in [-0.4, -0.2) is 63.4 Å². The Hall–Kier alpha value is -4.60. The van der Waals surface area contributed by atoms with E-state index in [4.69, 9.17) is 18.6 Å². The number of aromatic nitrogens is 2. The first-order valence-electron chi connectivity index (χ1n) is 14.0. The number of hydrogen-bond acceptors (Lipinski definition) is 8. The summed E-state index contributed by atoms with van der Waals surface area (Å²) in [6.45, 7) is 5.79. The number of rotatable bonds is 8. The van der Waals surface area contributed by atoms with Crippen LogP contribution in [0.5, 0.6) is 11.6 Å². The van der Waals surface area contributed by atoms with Crippen LogP contribution in [-0.2, 0) is 9.53 Å². The van der Waals surface area contributed by atoms with Gasteiger partial charge in [0.15, 0.2) is 0 Å². The van der Waals surface area contributed by atoms with E-state index in [0.29, 0.717) is 42.1 Å². The van der Waals surface area contributed by atoms with Gasteiger partial charge in [-0.3, -0.25) is 4.79 Å². The largest absolute Gasteiger partial charge is 0.497 e. The van der Waals surface area contributed by atoms with E-state index in [1.165, 1.54) is 6.33 Å². The zero-order valence-electron chi connectivity index (χ0n) is 24.2. The molecule has 1 saturated heterocycles. The third kappa shape index (κ3) is 6.48. The van der Waals surface area contributed by atoms with E-state index >= 15 is 0 Å². The number of aliphatic carboxylic acids is 1. The van der Waals surface area contributed by atoms with Crippen molar-refractivity contribution in [3.8, 4) is 34.1 Å². The maximum atomic E-state index is 13.0. The number of likely N-dealkylation sites (tertiary alicyclic amines) is 1. The lowest BCUT2D eigenvalue weighted by Crippen LogP contribution is -2.50. The van der Waals surface area contributed by atoms with Gasteiger partial charge in [0.05, 0.1) is 7.11 Å². The third-order valence-corrected chi connectivity index (χ3v) is 7.13. The molecule has 2 atom stereocenters. The van der Waals surface area contributed by atoms with E-state index in [9.17, 15) is 14.7 Å². The summed E-state index contributed by atoms with van der Waals surface area (Å²) in [5, 5.41) is 9.98. The molecule has 2 aromatic heterocycles. The molecule has 0 bridgehead atoms. The molecule has 1 fully saturated rings. The van der Waals surface area contributed by atoms with Gasteiger partial charge in [0.2, 0.25) is 11.6 Å². The molecule has 10 heteroatoms. The predicted octanol–water partition coefficient (Wildman–Crippen LogP) is 6.58. The van der Waals surface area contributed by atoms with Crippen molar-refractivity contribution in [3.05, 3.63) is 60.9 Å². The zero-order chi connectivity index (χ0) is 29.9. The van der Waals surface area contributed by atoms with Gasteiger partial charge in [0.1, 0.15) is 34.9 Å². The topological polar surface area (TPSA) is 124 Å². The van der Waals surface area contributed by atoms with E-state index in [-0.39, 0.29) is 25.0 Å². The molecule has 5 rings (SSSR count). The van der Waals surface area contributed by atoms with Crippen molar-refractivity contribution < 1.29 is 33.3 Å². The number of nitrogens with zero attached hydrogens (tertiary/aromatic N) is 3. The van der Waals surface area contributed by atoms with Crippen LogP contribution in [0.3, 0.4) is 0 Å². The van der Waals surface area contributed by atoms with Crippen LogP contribution in [0.15, 0.2) is 65.3 Å². The molecule has 220 valence electrons. The van der Waals surface area contributed by atoms with Crippen molar-refractivity contribution in [3.63, 3.8) is 0 Å². The van der Waals surface area contributed by atoms with Gasteiger partial charge >= 0.3 is 12.1 Å². The van der Waals surface area contributed by atoms with Gasteiger partial charge in [-0.1, -0.05) is 42.5 Å². The lowest BCUT2D eigenvalue weighted by Gasteiger charge is -2.39. The van der Waals surface area contributed by atoms with E-state index < -0.39 is 17.7 Å². The number of carboxylic acid groups (broad SMARTS) is 1. The standard InChI is InChI=1S/C32H35N3O7/c1-32(2,3)42-31(38)35-17-16-24(18-22(35)12-15-25(36)37)40-29-27-26(20-10-13-23(39-4)14-11-20)28(21-8-6-5-7-9-21)41-30(27)34-19-33-29/h5-11,13-14,19,22,24H,12,15-18H2,1-4H3,(H,36,37)/t22-,24?/m1/s1. The quantitative estimate of drug-likeness (QED) is 0.249. The minimum atomic E-state index is -0.921. The van der Waals surface area contributed by atoms with Crippen LogP contribution < -0.4 is 9.47 Å². The molecule has 1 aliphatic rings. The first-order chi connectivity index (χ1) is 20.1. The Morgan fingerprint density at radius 2 is 1.79 bits per heavy atom. The number of fused-ring (bicyclic) bond motifs is 1. The molecule has 42 heavy (non-hydrogen) atoms. The summed E-state index contributed by atoms with van der Waals surface area (Å²) in [5.41, 5.74) is 2.28. The fourth-order valence-corrected chi connectivity index (χ4v) is 5.23. The third-order valence-electron chi connectivity index (χ3n) is 7.13. The van der Waals surface area contributed by atoms with Crippen molar-refractivity contribution in [2.45, 2.75) is 64.2 Å². The number of furan rings is 1. The smallest absolute Gasteiger partial charge is 0.410 e. The molecule has 1 amide bonds. The molecule has 0 saturated carbocycles. The highest BCUT2D eigenvalue weighted by Crippen LogP contribution is 2.44. The van der Waals surface area contributed by atoms with Crippen molar-refractivity contribution in [2.24, 2.45) is 0 Å². The van der Waals surface area contributed by atoms with Gasteiger partial charge < -0.3 is 28.6 Å². The van der Waals surface area contributed by atoms with Crippen molar-refractivity contribution in [2.75, 3.05) is 13.7 Å². The fraction of sp³-hybridized carbons (Fsp3) is 0.375. The summed E-state index contributed by atoms with van der Waals surface area (Å²) < 4.78 is 23.8. The van der Waals surface area contributed by atoms with Crippen LogP contribution in [0, 0.1) is 0 Å². The van der Waals surface area contributed by atoms with Crippen LogP contribution in [0.1, 0.15) is 46.5 Å². The number of methoxy groups -OCH3 is 1. The van der Waals surface area contributed by atoms with E-state index in [2.05, 4.69) is 9.97 Å². The number of carbonyl (C=O) groups is 2. The van der Waals surface area contributed by atoms with Crippen LogP contribution in [0.4, 0.5) is 4.79 Å². The van der Waals surface area contributed by atoms with E-state index in [1.54, 1.807) is 12.0 Å². The van der Waals surface area contributed by atoms with Crippen LogP contribution in [0.25, 0.3) is 33.6 Å². The molecule has 2 aromatic carbocycles. The molecule has 10 nitrogen and oxygen atoms in total. The second-order valence-electron chi connectivity index (χ2n) is 11.3. The van der Waals surface area contributed by atoms with E-state index in [0.717, 1.165) is 22.4 Å². The second kappa shape index (κ2) is 12.1. The molecule has 0 radical (unpaired) electrons. The lowest BCUT2D eigenvalue weighted by molar-refractivity contribution is -0.137.